The zero-order valence-electron chi connectivity index (χ0n) is 7.60. The number of hydrogen-bond donors (Lipinski definition) is 2. The van der Waals surface area contributed by atoms with E-state index in [1.165, 1.54) is 0 Å². The Balaban J connectivity index is 3.86. The highest BCUT2D eigenvalue weighted by molar-refractivity contribution is 5.80. The van der Waals surface area contributed by atoms with E-state index >= 15 is 0 Å². The van der Waals surface area contributed by atoms with Gasteiger partial charge in [0, 0.05) is 21.1 Å². The molecular formula is C7H16N4. The largest absolute Gasteiger partial charge is 0.375 e. The maximum Gasteiger partial charge on any atom is 0.124 e. The normalized spacial score (nSPS) is 10.7. The van der Waals surface area contributed by atoms with Gasteiger partial charge >= 0.3 is 0 Å². The molecule has 0 saturated heterocycles. The Morgan fingerprint density at radius 3 is 2.36 bits per heavy atom. The van der Waals surface area contributed by atoms with Gasteiger partial charge in [-0.1, -0.05) is 6.58 Å². The van der Waals surface area contributed by atoms with E-state index in [1.54, 1.807) is 12.1 Å². The van der Waals surface area contributed by atoms with Crippen molar-refractivity contribution in [3.8, 4) is 0 Å². The van der Waals surface area contributed by atoms with Crippen LogP contribution in [0.1, 0.15) is 6.92 Å². The average molecular weight is 156 g/mol. The molecule has 0 aromatic heterocycles. The molecule has 0 atom stereocenters. The summed E-state index contributed by atoms with van der Waals surface area (Å²) >= 11 is 0. The average Bonchev–Trinajstić information content (AvgIpc) is 1.85. The minimum absolute atomic E-state index is 0.744. The molecular weight excluding hydrogens is 140 g/mol. The van der Waals surface area contributed by atoms with Crippen molar-refractivity contribution in [3.63, 3.8) is 0 Å². The van der Waals surface area contributed by atoms with Crippen LogP contribution in [0.3, 0.4) is 0 Å². The number of nitrogens with zero attached hydrogens (tertiary/aromatic N) is 2. The van der Waals surface area contributed by atoms with Crippen molar-refractivity contribution in [1.29, 1.82) is 0 Å². The fourth-order valence-corrected chi connectivity index (χ4v) is 0.606. The van der Waals surface area contributed by atoms with Gasteiger partial charge in [0.05, 0.1) is 5.82 Å². The third-order valence-electron chi connectivity index (χ3n) is 0.984. The summed E-state index contributed by atoms with van der Waals surface area (Å²) in [5.41, 5.74) is 0. The monoisotopic (exact) mass is 156 g/mol. The summed E-state index contributed by atoms with van der Waals surface area (Å²) in [6, 6.07) is 0. The summed E-state index contributed by atoms with van der Waals surface area (Å²) in [6.07, 6.45) is 0. The second-order valence-electron chi connectivity index (χ2n) is 2.39. The van der Waals surface area contributed by atoms with Gasteiger partial charge in [-0.25, -0.2) is 0 Å². The van der Waals surface area contributed by atoms with E-state index in [-0.39, 0.29) is 0 Å². The van der Waals surface area contributed by atoms with Gasteiger partial charge in [0.2, 0.25) is 0 Å². The van der Waals surface area contributed by atoms with Crippen LogP contribution in [0.15, 0.2) is 17.5 Å². The Hall–Kier alpha value is -1.19. The van der Waals surface area contributed by atoms with Gasteiger partial charge < -0.3 is 15.6 Å². The fraction of sp³-hybridized carbons (Fsp3) is 0.571. The van der Waals surface area contributed by atoms with Crippen LogP contribution in [0.4, 0.5) is 0 Å². The Morgan fingerprint density at radius 1 is 1.45 bits per heavy atom. The molecule has 0 radical (unpaired) electrons. The van der Waals surface area contributed by atoms with Gasteiger partial charge in [-0.3, -0.25) is 0 Å². The van der Waals surface area contributed by atoms with E-state index in [9.17, 15) is 0 Å². The van der Waals surface area contributed by atoms with Gasteiger partial charge in [0.25, 0.3) is 0 Å². The standard InChI is InChI=1S/C7H16N4/c1-6(8-3)9-7(2)10-11(4)5/h8H,1H2,2-5H3,(H,9,10). The lowest BCUT2D eigenvalue weighted by atomic mass is 10.6. The van der Waals surface area contributed by atoms with Crippen molar-refractivity contribution in [3.05, 3.63) is 12.4 Å². The lowest BCUT2D eigenvalue weighted by Crippen LogP contribution is -2.28. The zero-order chi connectivity index (χ0) is 8.85. The van der Waals surface area contributed by atoms with Crippen LogP contribution in [-0.2, 0) is 0 Å². The van der Waals surface area contributed by atoms with Crippen molar-refractivity contribution in [2.24, 2.45) is 5.10 Å². The van der Waals surface area contributed by atoms with Crippen LogP contribution in [-0.4, -0.2) is 32.0 Å². The van der Waals surface area contributed by atoms with Crippen molar-refractivity contribution >= 4 is 5.84 Å². The third-order valence-corrected chi connectivity index (χ3v) is 0.984. The van der Waals surface area contributed by atoms with Gasteiger partial charge in [0.15, 0.2) is 0 Å². The van der Waals surface area contributed by atoms with E-state index in [0.717, 1.165) is 11.7 Å². The van der Waals surface area contributed by atoms with Crippen molar-refractivity contribution in [2.75, 3.05) is 21.1 Å². The summed E-state index contributed by atoms with van der Waals surface area (Å²) < 4.78 is 0. The van der Waals surface area contributed by atoms with E-state index in [0.29, 0.717) is 0 Å². The van der Waals surface area contributed by atoms with Crippen molar-refractivity contribution < 1.29 is 0 Å². The molecule has 0 saturated carbocycles. The molecule has 0 rings (SSSR count). The zero-order valence-corrected chi connectivity index (χ0v) is 7.60. The number of rotatable bonds is 3. The molecule has 0 bridgehead atoms. The molecule has 0 fully saturated rings. The van der Waals surface area contributed by atoms with Crippen molar-refractivity contribution in [1.82, 2.24) is 15.6 Å². The lowest BCUT2D eigenvalue weighted by Gasteiger charge is -2.10. The maximum atomic E-state index is 4.10. The van der Waals surface area contributed by atoms with E-state index in [1.807, 2.05) is 21.0 Å². The number of amidine groups is 1. The summed E-state index contributed by atoms with van der Waals surface area (Å²) in [4.78, 5) is 0. The molecule has 0 aliphatic carbocycles. The molecule has 0 aromatic rings. The summed E-state index contributed by atoms with van der Waals surface area (Å²) in [7, 11) is 5.54. The first-order valence-corrected chi connectivity index (χ1v) is 3.42. The Kier molecular flexibility index (Phi) is 4.10. The molecule has 0 aromatic carbocycles. The topological polar surface area (TPSA) is 39.7 Å². The van der Waals surface area contributed by atoms with Gasteiger partial charge in [0.1, 0.15) is 5.84 Å². The highest BCUT2D eigenvalue weighted by Crippen LogP contribution is 1.80. The Labute approximate surface area is 68.0 Å². The minimum atomic E-state index is 0.744. The second-order valence-corrected chi connectivity index (χ2v) is 2.39. The molecule has 0 aliphatic heterocycles. The molecule has 4 nitrogen and oxygen atoms in total. The summed E-state index contributed by atoms with van der Waals surface area (Å²) in [6.45, 7) is 5.58. The SMILES string of the molecule is C=C(NC)N/C(C)=N/N(C)C. The predicted octanol–water partition coefficient (Wildman–Crippen LogP) is 0.162. The Bertz CT molecular complexity index is 160. The highest BCUT2D eigenvalue weighted by atomic mass is 15.4. The number of nitrogens with one attached hydrogen (secondary N) is 2. The maximum absolute atomic E-state index is 4.10. The van der Waals surface area contributed by atoms with Crippen LogP contribution in [0, 0.1) is 0 Å². The molecule has 0 spiro atoms. The van der Waals surface area contributed by atoms with E-state index in [2.05, 4.69) is 22.3 Å². The third kappa shape index (κ3) is 5.26. The van der Waals surface area contributed by atoms with Crippen LogP contribution >= 0.6 is 0 Å². The molecule has 0 unspecified atom stereocenters. The lowest BCUT2D eigenvalue weighted by molar-refractivity contribution is 0.435. The molecule has 11 heavy (non-hydrogen) atoms. The quantitative estimate of drug-likeness (QED) is 0.347. The van der Waals surface area contributed by atoms with Gasteiger partial charge in [-0.15, -0.1) is 0 Å². The smallest absolute Gasteiger partial charge is 0.124 e. The minimum Gasteiger partial charge on any atom is -0.375 e. The second kappa shape index (κ2) is 4.60. The first-order chi connectivity index (χ1) is 5.06. The van der Waals surface area contributed by atoms with Crippen molar-refractivity contribution in [2.45, 2.75) is 6.92 Å². The van der Waals surface area contributed by atoms with Crippen LogP contribution in [0.5, 0.6) is 0 Å². The van der Waals surface area contributed by atoms with Gasteiger partial charge in [-0.05, 0) is 6.92 Å². The summed E-state index contributed by atoms with van der Waals surface area (Å²) in [5, 5.41) is 11.7. The molecule has 2 N–H and O–H groups in total. The van der Waals surface area contributed by atoms with Crippen LogP contribution in [0.2, 0.25) is 0 Å². The molecule has 64 valence electrons. The molecule has 0 amide bonds. The van der Waals surface area contributed by atoms with E-state index < -0.39 is 0 Å². The molecule has 4 heteroatoms. The summed E-state index contributed by atoms with van der Waals surface area (Å²) in [5.74, 6) is 1.56. The molecule has 0 heterocycles. The number of hydrazone groups is 1. The Morgan fingerprint density at radius 2 is 2.00 bits per heavy atom. The van der Waals surface area contributed by atoms with Crippen LogP contribution in [0.25, 0.3) is 0 Å². The highest BCUT2D eigenvalue weighted by Gasteiger charge is 1.91. The predicted molar refractivity (Wildman–Crippen MR) is 48.1 cm³/mol. The first kappa shape index (κ1) is 9.81. The molecule has 0 aliphatic rings. The first-order valence-electron chi connectivity index (χ1n) is 3.42. The van der Waals surface area contributed by atoms with E-state index in [4.69, 9.17) is 0 Å². The fourth-order valence-electron chi connectivity index (χ4n) is 0.606. The number of hydrogen-bond acceptors (Lipinski definition) is 3. The van der Waals surface area contributed by atoms with Gasteiger partial charge in [-0.2, -0.15) is 5.10 Å². The van der Waals surface area contributed by atoms with Crippen LogP contribution < -0.4 is 10.6 Å².